The van der Waals surface area contributed by atoms with Crippen molar-refractivity contribution in [2.75, 3.05) is 17.1 Å². The second kappa shape index (κ2) is 12.9. The van der Waals surface area contributed by atoms with E-state index < -0.39 is 28.5 Å². The van der Waals surface area contributed by atoms with Crippen LogP contribution in [0.2, 0.25) is 0 Å². The summed E-state index contributed by atoms with van der Waals surface area (Å²) in [6.45, 7) is 2.93. The number of carbonyl (C=O) groups excluding carboxylic acids is 3. The predicted molar refractivity (Wildman–Crippen MR) is 145 cm³/mol. The highest BCUT2D eigenvalue weighted by Crippen LogP contribution is 2.22. The summed E-state index contributed by atoms with van der Waals surface area (Å²) >= 11 is 0. The number of anilines is 1. The van der Waals surface area contributed by atoms with E-state index >= 15 is 0 Å². The van der Waals surface area contributed by atoms with Crippen LogP contribution in [0.1, 0.15) is 68.3 Å². The van der Waals surface area contributed by atoms with E-state index in [1.807, 2.05) is 37.3 Å². The number of hydrogen-bond donors (Lipinski definition) is 1. The summed E-state index contributed by atoms with van der Waals surface area (Å²) in [6, 6.07) is 14.9. The first kappa shape index (κ1) is 28.4. The minimum Gasteiger partial charge on any atom is -0.352 e. The number of nitrogens with one attached hydrogen (secondary N) is 1. The molecule has 1 N–H and O–H groups in total. The Balaban J connectivity index is 1.91. The second-order valence-electron chi connectivity index (χ2n) is 9.65. The topological polar surface area (TPSA) is 104 Å². The molecule has 0 aromatic heterocycles. The average Bonchev–Trinajstić information content (AvgIpc) is 2.87. The Kier molecular flexibility index (Phi) is 9.86. The molecule has 0 bridgehead atoms. The molecule has 8 nitrogen and oxygen atoms in total. The Morgan fingerprint density at radius 2 is 1.68 bits per heavy atom. The minimum absolute atomic E-state index is 0.0887. The number of carbonyl (C=O) groups is 3. The maximum atomic E-state index is 13.8. The first-order valence-electron chi connectivity index (χ1n) is 12.8. The molecule has 0 unspecified atom stereocenters. The van der Waals surface area contributed by atoms with Crippen molar-refractivity contribution in [3.8, 4) is 0 Å². The first-order valence-corrected chi connectivity index (χ1v) is 14.7. The van der Waals surface area contributed by atoms with Crippen molar-refractivity contribution in [3.63, 3.8) is 0 Å². The lowest BCUT2D eigenvalue weighted by molar-refractivity contribution is -0.140. The molecule has 1 atom stereocenters. The molecule has 2 aromatic rings. The van der Waals surface area contributed by atoms with Gasteiger partial charge in [0.2, 0.25) is 21.8 Å². The third kappa shape index (κ3) is 7.89. The second-order valence-corrected chi connectivity index (χ2v) is 11.6. The molecule has 3 rings (SSSR count). The molecule has 0 spiro atoms. The van der Waals surface area contributed by atoms with Crippen molar-refractivity contribution in [2.45, 2.75) is 71.0 Å². The van der Waals surface area contributed by atoms with Crippen LogP contribution in [0.3, 0.4) is 0 Å². The third-order valence-electron chi connectivity index (χ3n) is 6.75. The summed E-state index contributed by atoms with van der Waals surface area (Å²) in [5, 5.41) is 3.12. The summed E-state index contributed by atoms with van der Waals surface area (Å²) in [5.74, 6) is -0.922. The number of hydrogen-bond acceptors (Lipinski definition) is 5. The summed E-state index contributed by atoms with van der Waals surface area (Å²) in [7, 11) is -3.86. The van der Waals surface area contributed by atoms with E-state index in [0.717, 1.165) is 48.2 Å². The normalized spacial score (nSPS) is 15.0. The van der Waals surface area contributed by atoms with Crippen LogP contribution in [0.25, 0.3) is 0 Å². The van der Waals surface area contributed by atoms with Gasteiger partial charge in [-0.05, 0) is 43.9 Å². The van der Waals surface area contributed by atoms with Crippen molar-refractivity contribution in [2.24, 2.45) is 0 Å². The van der Waals surface area contributed by atoms with E-state index in [4.69, 9.17) is 0 Å². The maximum absolute atomic E-state index is 13.8. The number of Topliss-reactive ketones (excluding diaryl/α,β-unsaturated/α-hetero) is 1. The van der Waals surface area contributed by atoms with Gasteiger partial charge in [0, 0.05) is 18.2 Å². The highest BCUT2D eigenvalue weighted by Gasteiger charge is 2.32. The van der Waals surface area contributed by atoms with Crippen LogP contribution < -0.4 is 9.62 Å². The molecule has 2 amide bonds. The van der Waals surface area contributed by atoms with Gasteiger partial charge in [-0.2, -0.15) is 0 Å². The SMILES string of the molecule is CC[C@@H](C(=O)NC1CCCCC1)N(Cc1ccccc1)C(=O)CN(c1cccc(C(C)=O)c1)S(C)(=O)=O. The molecule has 200 valence electrons. The highest BCUT2D eigenvalue weighted by molar-refractivity contribution is 7.92. The zero-order chi connectivity index (χ0) is 27.0. The molecule has 0 radical (unpaired) electrons. The predicted octanol–water partition coefficient (Wildman–Crippen LogP) is 3.91. The van der Waals surface area contributed by atoms with Crippen LogP contribution in [0.5, 0.6) is 0 Å². The van der Waals surface area contributed by atoms with Gasteiger partial charge in [-0.25, -0.2) is 8.42 Å². The standard InChI is InChI=1S/C28H37N3O5S/c1-4-26(28(34)29-24-15-9-6-10-16-24)30(19-22-12-7-5-8-13-22)27(33)20-31(37(3,35)36)25-17-11-14-23(18-25)21(2)32/h5,7-8,11-14,17-18,24,26H,4,6,9-10,15-16,19-20H2,1-3H3,(H,29,34)/t26-/m0/s1. The van der Waals surface area contributed by atoms with E-state index in [1.54, 1.807) is 18.2 Å². The molecule has 1 aliphatic rings. The summed E-state index contributed by atoms with van der Waals surface area (Å²) < 4.78 is 26.5. The number of amides is 2. The molecular formula is C28H37N3O5S. The third-order valence-corrected chi connectivity index (χ3v) is 7.89. The van der Waals surface area contributed by atoms with E-state index in [-0.39, 0.29) is 30.0 Å². The van der Waals surface area contributed by atoms with Gasteiger partial charge < -0.3 is 10.2 Å². The van der Waals surface area contributed by atoms with Crippen LogP contribution in [0.4, 0.5) is 5.69 Å². The van der Waals surface area contributed by atoms with E-state index in [2.05, 4.69) is 5.32 Å². The van der Waals surface area contributed by atoms with Crippen LogP contribution in [0.15, 0.2) is 54.6 Å². The van der Waals surface area contributed by atoms with Gasteiger partial charge >= 0.3 is 0 Å². The highest BCUT2D eigenvalue weighted by atomic mass is 32.2. The number of benzene rings is 2. The van der Waals surface area contributed by atoms with Crippen molar-refractivity contribution < 1.29 is 22.8 Å². The molecule has 1 fully saturated rings. The fraction of sp³-hybridized carbons (Fsp3) is 0.464. The quantitative estimate of drug-likeness (QED) is 0.446. The van der Waals surface area contributed by atoms with Gasteiger partial charge in [0.15, 0.2) is 5.78 Å². The monoisotopic (exact) mass is 527 g/mol. The van der Waals surface area contributed by atoms with Crippen LogP contribution >= 0.6 is 0 Å². The molecule has 0 saturated heterocycles. The Labute approximate surface area is 220 Å². The zero-order valence-corrected chi connectivity index (χ0v) is 22.7. The molecule has 1 saturated carbocycles. The van der Waals surface area contributed by atoms with Crippen LogP contribution in [-0.2, 0) is 26.2 Å². The Bertz CT molecular complexity index is 1190. The molecule has 0 aliphatic heterocycles. The van der Waals surface area contributed by atoms with Crippen molar-refractivity contribution in [1.82, 2.24) is 10.2 Å². The number of sulfonamides is 1. The number of ketones is 1. The fourth-order valence-electron chi connectivity index (χ4n) is 4.74. The zero-order valence-electron chi connectivity index (χ0n) is 21.9. The first-order chi connectivity index (χ1) is 17.6. The molecular weight excluding hydrogens is 490 g/mol. The molecule has 37 heavy (non-hydrogen) atoms. The molecule has 1 aliphatic carbocycles. The van der Waals surface area contributed by atoms with E-state index in [1.165, 1.54) is 17.9 Å². The molecule has 0 heterocycles. The van der Waals surface area contributed by atoms with Crippen molar-refractivity contribution >= 4 is 33.3 Å². The minimum atomic E-state index is -3.86. The van der Waals surface area contributed by atoms with Gasteiger partial charge in [-0.3, -0.25) is 18.7 Å². The largest absolute Gasteiger partial charge is 0.352 e. The fourth-order valence-corrected chi connectivity index (χ4v) is 5.58. The van der Waals surface area contributed by atoms with E-state index in [0.29, 0.717) is 12.0 Å². The Morgan fingerprint density at radius 1 is 1.00 bits per heavy atom. The van der Waals surface area contributed by atoms with Crippen molar-refractivity contribution in [1.29, 1.82) is 0 Å². The summed E-state index contributed by atoms with van der Waals surface area (Å²) in [6.07, 6.45) is 6.54. The maximum Gasteiger partial charge on any atom is 0.244 e. The summed E-state index contributed by atoms with van der Waals surface area (Å²) in [4.78, 5) is 40.5. The number of nitrogens with zero attached hydrogens (tertiary/aromatic N) is 2. The Hall–Kier alpha value is -3.20. The average molecular weight is 528 g/mol. The smallest absolute Gasteiger partial charge is 0.244 e. The van der Waals surface area contributed by atoms with Crippen molar-refractivity contribution in [3.05, 3.63) is 65.7 Å². The lowest BCUT2D eigenvalue weighted by Gasteiger charge is -2.34. The molecule has 9 heteroatoms. The summed E-state index contributed by atoms with van der Waals surface area (Å²) in [5.41, 5.74) is 1.41. The van der Waals surface area contributed by atoms with Gasteiger partial charge in [-0.15, -0.1) is 0 Å². The van der Waals surface area contributed by atoms with Crippen LogP contribution in [0, 0.1) is 0 Å². The lowest BCUT2D eigenvalue weighted by Crippen LogP contribution is -2.53. The Morgan fingerprint density at radius 3 is 2.27 bits per heavy atom. The lowest BCUT2D eigenvalue weighted by atomic mass is 9.95. The van der Waals surface area contributed by atoms with Crippen LogP contribution in [-0.4, -0.2) is 55.8 Å². The van der Waals surface area contributed by atoms with Gasteiger partial charge in [0.25, 0.3) is 0 Å². The van der Waals surface area contributed by atoms with E-state index in [9.17, 15) is 22.8 Å². The molecule has 2 aromatic carbocycles. The van der Waals surface area contributed by atoms with Gasteiger partial charge in [0.1, 0.15) is 12.6 Å². The van der Waals surface area contributed by atoms with Gasteiger partial charge in [-0.1, -0.05) is 68.7 Å². The number of rotatable bonds is 11. The van der Waals surface area contributed by atoms with Gasteiger partial charge in [0.05, 0.1) is 11.9 Å².